The van der Waals surface area contributed by atoms with E-state index in [0.717, 1.165) is 25.9 Å². The van der Waals surface area contributed by atoms with Crippen molar-refractivity contribution in [3.8, 4) is 0 Å². The zero-order valence-corrected chi connectivity index (χ0v) is 13.0. The van der Waals surface area contributed by atoms with Gasteiger partial charge in [-0.3, -0.25) is 0 Å². The van der Waals surface area contributed by atoms with E-state index in [9.17, 15) is 0 Å². The molecular formula is C17H29N3. The number of likely N-dealkylation sites (tertiary alicyclic amines) is 1. The maximum atomic E-state index is 5.99. The second kappa shape index (κ2) is 7.77. The summed E-state index contributed by atoms with van der Waals surface area (Å²) in [6, 6.07) is 11.9. The second-order valence-electron chi connectivity index (χ2n) is 6.13. The summed E-state index contributed by atoms with van der Waals surface area (Å²) in [7, 11) is 4.47. The maximum Gasteiger partial charge on any atom is 0.0220 e. The number of likely N-dealkylation sites (N-methyl/N-ethyl adjacent to an activating group) is 2. The van der Waals surface area contributed by atoms with Gasteiger partial charge in [0.05, 0.1) is 0 Å². The van der Waals surface area contributed by atoms with Crippen molar-refractivity contribution in [2.24, 2.45) is 5.73 Å². The van der Waals surface area contributed by atoms with Gasteiger partial charge < -0.3 is 15.5 Å². The Hall–Kier alpha value is -0.900. The van der Waals surface area contributed by atoms with Crippen molar-refractivity contribution < 1.29 is 0 Å². The lowest BCUT2D eigenvalue weighted by atomic mass is 10.0. The third-order valence-electron chi connectivity index (χ3n) is 4.67. The minimum atomic E-state index is 0.490. The van der Waals surface area contributed by atoms with Crippen molar-refractivity contribution in [2.45, 2.75) is 37.8 Å². The van der Waals surface area contributed by atoms with Crippen LogP contribution in [0.2, 0.25) is 0 Å². The minimum absolute atomic E-state index is 0.490. The largest absolute Gasteiger partial charge is 0.329 e. The molecule has 3 nitrogen and oxygen atoms in total. The molecule has 1 aromatic carbocycles. The summed E-state index contributed by atoms with van der Waals surface area (Å²) in [4.78, 5) is 4.96. The van der Waals surface area contributed by atoms with Crippen LogP contribution in [0.1, 0.15) is 24.8 Å². The molecule has 2 atom stereocenters. The molecule has 0 bridgehead atoms. The van der Waals surface area contributed by atoms with Crippen molar-refractivity contribution in [3.63, 3.8) is 0 Å². The fourth-order valence-electron chi connectivity index (χ4n) is 3.19. The monoisotopic (exact) mass is 275 g/mol. The van der Waals surface area contributed by atoms with Crippen LogP contribution in [0.5, 0.6) is 0 Å². The van der Waals surface area contributed by atoms with E-state index in [-0.39, 0.29) is 0 Å². The molecule has 0 aliphatic carbocycles. The molecule has 1 saturated heterocycles. The summed E-state index contributed by atoms with van der Waals surface area (Å²) in [5.41, 5.74) is 7.41. The summed E-state index contributed by atoms with van der Waals surface area (Å²) in [5, 5.41) is 0. The maximum absolute atomic E-state index is 5.99. The van der Waals surface area contributed by atoms with Crippen LogP contribution in [0, 0.1) is 0 Å². The first-order chi connectivity index (χ1) is 9.70. The minimum Gasteiger partial charge on any atom is -0.329 e. The zero-order valence-electron chi connectivity index (χ0n) is 13.0. The highest BCUT2D eigenvalue weighted by Crippen LogP contribution is 2.17. The molecule has 3 heteroatoms. The number of aryl methyl sites for hydroxylation is 1. The van der Waals surface area contributed by atoms with Gasteiger partial charge in [-0.15, -0.1) is 0 Å². The molecule has 0 amide bonds. The van der Waals surface area contributed by atoms with Crippen molar-refractivity contribution in [1.82, 2.24) is 9.80 Å². The van der Waals surface area contributed by atoms with E-state index in [0.29, 0.717) is 12.1 Å². The van der Waals surface area contributed by atoms with Crippen molar-refractivity contribution in [1.29, 1.82) is 0 Å². The van der Waals surface area contributed by atoms with E-state index in [1.165, 1.54) is 24.9 Å². The molecule has 2 unspecified atom stereocenters. The summed E-state index contributed by atoms with van der Waals surface area (Å²) in [5.74, 6) is 0. The van der Waals surface area contributed by atoms with Gasteiger partial charge in [0.15, 0.2) is 0 Å². The lowest BCUT2D eigenvalue weighted by molar-refractivity contribution is 0.173. The Kier molecular flexibility index (Phi) is 6.02. The average Bonchev–Trinajstić information content (AvgIpc) is 2.86. The lowest BCUT2D eigenvalue weighted by Crippen LogP contribution is -2.44. The smallest absolute Gasteiger partial charge is 0.0220 e. The molecule has 1 fully saturated rings. The molecule has 112 valence electrons. The SMILES string of the molecule is CN1CCCC1CN(C)C(CN)CCc1ccccc1. The predicted octanol–water partition coefficient (Wildman–Crippen LogP) is 1.97. The Morgan fingerprint density at radius 3 is 2.70 bits per heavy atom. The Balaban J connectivity index is 1.81. The van der Waals surface area contributed by atoms with Crippen molar-refractivity contribution in [2.75, 3.05) is 33.7 Å². The fourth-order valence-corrected chi connectivity index (χ4v) is 3.19. The molecule has 2 N–H and O–H groups in total. The van der Waals surface area contributed by atoms with E-state index in [2.05, 4.69) is 54.2 Å². The molecule has 2 rings (SSSR count). The van der Waals surface area contributed by atoms with E-state index in [1.807, 2.05) is 0 Å². The Morgan fingerprint density at radius 1 is 1.35 bits per heavy atom. The Labute approximate surface area is 123 Å². The van der Waals surface area contributed by atoms with Crippen LogP contribution in [0.4, 0.5) is 0 Å². The average molecular weight is 275 g/mol. The van der Waals surface area contributed by atoms with Crippen molar-refractivity contribution >= 4 is 0 Å². The van der Waals surface area contributed by atoms with Crippen LogP contribution in [0.15, 0.2) is 30.3 Å². The zero-order chi connectivity index (χ0) is 14.4. The van der Waals surface area contributed by atoms with Gasteiger partial charge in [-0.05, 0) is 51.9 Å². The number of nitrogens with two attached hydrogens (primary N) is 1. The third kappa shape index (κ3) is 4.30. The summed E-state index contributed by atoms with van der Waals surface area (Å²) < 4.78 is 0. The second-order valence-corrected chi connectivity index (χ2v) is 6.13. The van der Waals surface area contributed by atoms with Gasteiger partial charge >= 0.3 is 0 Å². The molecular weight excluding hydrogens is 246 g/mol. The molecule has 0 spiro atoms. The van der Waals surface area contributed by atoms with Crippen LogP contribution in [0.3, 0.4) is 0 Å². The van der Waals surface area contributed by atoms with Gasteiger partial charge in [-0.2, -0.15) is 0 Å². The van der Waals surface area contributed by atoms with E-state index < -0.39 is 0 Å². The van der Waals surface area contributed by atoms with Crippen LogP contribution in [-0.4, -0.2) is 55.6 Å². The van der Waals surface area contributed by atoms with Crippen LogP contribution in [-0.2, 0) is 6.42 Å². The first-order valence-corrected chi connectivity index (χ1v) is 7.85. The number of nitrogens with zero attached hydrogens (tertiary/aromatic N) is 2. The predicted molar refractivity (Wildman–Crippen MR) is 85.9 cm³/mol. The number of hydrogen-bond donors (Lipinski definition) is 1. The number of rotatable bonds is 7. The van der Waals surface area contributed by atoms with Crippen molar-refractivity contribution in [3.05, 3.63) is 35.9 Å². The molecule has 1 aliphatic heterocycles. The fraction of sp³-hybridized carbons (Fsp3) is 0.647. The molecule has 0 radical (unpaired) electrons. The standard InChI is InChI=1S/C17H29N3/c1-19-12-6-9-17(19)14-20(2)16(13-18)11-10-15-7-4-3-5-8-15/h3-5,7-8,16-17H,6,9-14,18H2,1-2H3. The first kappa shape index (κ1) is 15.5. The van der Waals surface area contributed by atoms with E-state index in [1.54, 1.807) is 0 Å². The molecule has 0 saturated carbocycles. The van der Waals surface area contributed by atoms with Gasteiger partial charge in [0.25, 0.3) is 0 Å². The van der Waals surface area contributed by atoms with E-state index in [4.69, 9.17) is 5.73 Å². The van der Waals surface area contributed by atoms with Crippen LogP contribution < -0.4 is 5.73 Å². The third-order valence-corrected chi connectivity index (χ3v) is 4.67. The molecule has 1 heterocycles. The number of benzene rings is 1. The van der Waals surface area contributed by atoms with Gasteiger partial charge in [0.2, 0.25) is 0 Å². The van der Waals surface area contributed by atoms with Gasteiger partial charge in [-0.25, -0.2) is 0 Å². The quantitative estimate of drug-likeness (QED) is 0.826. The van der Waals surface area contributed by atoms with E-state index >= 15 is 0 Å². The first-order valence-electron chi connectivity index (χ1n) is 7.85. The van der Waals surface area contributed by atoms with Gasteiger partial charge in [0.1, 0.15) is 0 Å². The summed E-state index contributed by atoms with van der Waals surface area (Å²) >= 11 is 0. The highest BCUT2D eigenvalue weighted by molar-refractivity contribution is 5.14. The number of hydrogen-bond acceptors (Lipinski definition) is 3. The van der Waals surface area contributed by atoms with Crippen LogP contribution >= 0.6 is 0 Å². The molecule has 20 heavy (non-hydrogen) atoms. The molecule has 1 aromatic rings. The van der Waals surface area contributed by atoms with Gasteiger partial charge in [0, 0.05) is 25.2 Å². The van der Waals surface area contributed by atoms with Gasteiger partial charge in [-0.1, -0.05) is 30.3 Å². The normalized spacial score (nSPS) is 21.5. The van der Waals surface area contributed by atoms with Crippen LogP contribution in [0.25, 0.3) is 0 Å². The molecule has 0 aromatic heterocycles. The summed E-state index contributed by atoms with van der Waals surface area (Å²) in [6.45, 7) is 3.14. The highest BCUT2D eigenvalue weighted by atomic mass is 15.2. The highest BCUT2D eigenvalue weighted by Gasteiger charge is 2.24. The topological polar surface area (TPSA) is 32.5 Å². The Morgan fingerprint density at radius 2 is 2.10 bits per heavy atom. The lowest BCUT2D eigenvalue weighted by Gasteiger charge is -2.31. The Bertz CT molecular complexity index is 379. The molecule has 1 aliphatic rings. The summed E-state index contributed by atoms with van der Waals surface area (Å²) in [6.07, 6.45) is 4.93.